The van der Waals surface area contributed by atoms with Crippen LogP contribution in [-0.2, 0) is 20.8 Å². The first-order valence-electron chi connectivity index (χ1n) is 10.8. The number of hydrogen-bond acceptors (Lipinski definition) is 5. The molecule has 0 aromatic heterocycles. The van der Waals surface area contributed by atoms with Crippen molar-refractivity contribution in [3.63, 3.8) is 0 Å². The van der Waals surface area contributed by atoms with Gasteiger partial charge in [0.1, 0.15) is 18.1 Å². The number of carboxylic acids is 1. The Labute approximate surface area is 189 Å². The van der Waals surface area contributed by atoms with Crippen molar-refractivity contribution in [2.75, 3.05) is 0 Å². The van der Waals surface area contributed by atoms with Crippen molar-refractivity contribution in [2.24, 2.45) is 11.7 Å². The van der Waals surface area contributed by atoms with Gasteiger partial charge in [0.15, 0.2) is 0 Å². The predicted molar refractivity (Wildman–Crippen MR) is 122 cm³/mol. The lowest BCUT2D eigenvalue weighted by Crippen LogP contribution is -2.48. The topological polar surface area (TPSA) is 119 Å². The molecule has 0 saturated carbocycles. The zero-order chi connectivity index (χ0) is 23.5. The van der Waals surface area contributed by atoms with Crippen molar-refractivity contribution in [3.8, 4) is 5.75 Å². The number of rotatable bonds is 8. The second-order valence-corrected chi connectivity index (χ2v) is 8.12. The zero-order valence-electron chi connectivity index (χ0n) is 18.6. The molecule has 32 heavy (non-hydrogen) atoms. The molecule has 1 aliphatic heterocycles. The van der Waals surface area contributed by atoms with Crippen molar-refractivity contribution in [2.45, 2.75) is 57.7 Å². The summed E-state index contributed by atoms with van der Waals surface area (Å²) in [5, 5.41) is 10.9. The number of ether oxygens (including phenoxy) is 1. The molecule has 0 saturated heterocycles. The van der Waals surface area contributed by atoms with Crippen molar-refractivity contribution >= 4 is 18.2 Å². The van der Waals surface area contributed by atoms with Crippen LogP contribution in [0.3, 0.4) is 0 Å². The van der Waals surface area contributed by atoms with Crippen LogP contribution in [-0.4, -0.2) is 35.4 Å². The highest BCUT2D eigenvalue weighted by Crippen LogP contribution is 2.34. The van der Waals surface area contributed by atoms with E-state index in [1.807, 2.05) is 12.1 Å². The Morgan fingerprint density at radius 2 is 1.81 bits per heavy atom. The molecule has 2 aromatic rings. The van der Waals surface area contributed by atoms with E-state index in [4.69, 9.17) is 15.6 Å². The summed E-state index contributed by atoms with van der Waals surface area (Å²) in [5.41, 5.74) is 8.08. The number of carbonyl (C=O) groups excluding carboxylic acids is 2. The van der Waals surface area contributed by atoms with E-state index in [0.717, 1.165) is 18.6 Å². The van der Waals surface area contributed by atoms with Gasteiger partial charge in [-0.1, -0.05) is 62.4 Å². The Morgan fingerprint density at radius 1 is 1.16 bits per heavy atom. The fraction of sp³-hybridized carbons (Fsp3) is 0.400. The second-order valence-electron chi connectivity index (χ2n) is 8.12. The number of benzene rings is 2. The molecule has 1 heterocycles. The van der Waals surface area contributed by atoms with Crippen LogP contribution in [0.2, 0.25) is 0 Å². The highest BCUT2D eigenvalue weighted by atomic mass is 16.5. The van der Waals surface area contributed by atoms with E-state index in [-0.39, 0.29) is 24.9 Å². The maximum atomic E-state index is 11.4. The summed E-state index contributed by atoms with van der Waals surface area (Å²) in [4.78, 5) is 32.3. The molecule has 172 valence electrons. The Hall–Kier alpha value is -3.19. The van der Waals surface area contributed by atoms with E-state index in [0.29, 0.717) is 6.29 Å². The van der Waals surface area contributed by atoms with E-state index in [1.165, 1.54) is 11.1 Å². The van der Waals surface area contributed by atoms with Gasteiger partial charge in [0.05, 0.1) is 12.1 Å². The maximum Gasteiger partial charge on any atom is 0.303 e. The largest absolute Gasteiger partial charge is 0.485 e. The highest BCUT2D eigenvalue weighted by Gasteiger charge is 2.21. The van der Waals surface area contributed by atoms with Gasteiger partial charge >= 0.3 is 5.97 Å². The smallest absolute Gasteiger partial charge is 0.303 e. The van der Waals surface area contributed by atoms with Crippen LogP contribution >= 0.6 is 0 Å². The first-order chi connectivity index (χ1) is 15.3. The Morgan fingerprint density at radius 3 is 2.44 bits per heavy atom. The van der Waals surface area contributed by atoms with Crippen LogP contribution in [0, 0.1) is 5.92 Å². The molecule has 1 amide bonds. The van der Waals surface area contributed by atoms with Crippen molar-refractivity contribution in [1.82, 2.24) is 5.32 Å². The summed E-state index contributed by atoms with van der Waals surface area (Å²) in [5.74, 6) is -0.471. The molecule has 7 heteroatoms. The van der Waals surface area contributed by atoms with E-state index in [9.17, 15) is 14.4 Å². The standard InChI is InChI=1S/C15H14O.C10H18N2O4/c1-2-6-12(7-3-1)15-11-10-13-8-4-5-9-14(13)16-15;1-6(2)8(5-13)12-10(16)7(11)3-4-9(14)15/h1-9,15H,10-11H2;5-8H,3-4,11H2,1-2H3,(H,12,16)(H,14,15)/t;7-,8+/m.0/s1. The summed E-state index contributed by atoms with van der Waals surface area (Å²) < 4.78 is 6.02. The van der Waals surface area contributed by atoms with Crippen molar-refractivity contribution in [3.05, 3.63) is 65.7 Å². The lowest BCUT2D eigenvalue weighted by molar-refractivity contribution is -0.137. The molecule has 1 aliphatic rings. The van der Waals surface area contributed by atoms with Crippen LogP contribution in [0.4, 0.5) is 0 Å². The molecular formula is C25H32N2O5. The molecule has 0 fully saturated rings. The van der Waals surface area contributed by atoms with Gasteiger partial charge in [-0.15, -0.1) is 0 Å². The summed E-state index contributed by atoms with van der Waals surface area (Å²) in [7, 11) is 0. The molecule has 4 N–H and O–H groups in total. The quantitative estimate of drug-likeness (QED) is 0.542. The van der Waals surface area contributed by atoms with E-state index in [1.54, 1.807) is 13.8 Å². The Kier molecular flexibility index (Phi) is 9.88. The van der Waals surface area contributed by atoms with Gasteiger partial charge in [0.25, 0.3) is 0 Å². The van der Waals surface area contributed by atoms with E-state index in [2.05, 4.69) is 47.8 Å². The predicted octanol–water partition coefficient (Wildman–Crippen LogP) is 3.27. The minimum absolute atomic E-state index is 0.0203. The van der Waals surface area contributed by atoms with Gasteiger partial charge in [-0.25, -0.2) is 0 Å². The van der Waals surface area contributed by atoms with E-state index < -0.39 is 24.0 Å². The number of amides is 1. The average molecular weight is 441 g/mol. The van der Waals surface area contributed by atoms with Gasteiger partial charge < -0.3 is 25.7 Å². The SMILES string of the molecule is CC(C)[C@@H](C=O)NC(=O)[C@@H](N)CCC(=O)O.c1ccc(C2CCc3ccccc3O2)cc1. The lowest BCUT2D eigenvalue weighted by atomic mass is 9.98. The third-order valence-corrected chi connectivity index (χ3v) is 5.27. The summed E-state index contributed by atoms with van der Waals surface area (Å²) >= 11 is 0. The molecule has 0 bridgehead atoms. The number of fused-ring (bicyclic) bond motifs is 1. The Bertz CT molecular complexity index is 885. The summed E-state index contributed by atoms with van der Waals surface area (Å²) in [6, 6.07) is 17.3. The normalized spacial score (nSPS) is 16.4. The number of aryl methyl sites for hydroxylation is 1. The lowest BCUT2D eigenvalue weighted by Gasteiger charge is -2.26. The molecule has 2 aromatic carbocycles. The fourth-order valence-electron chi connectivity index (χ4n) is 3.27. The molecule has 3 rings (SSSR count). The molecular weight excluding hydrogens is 408 g/mol. The maximum absolute atomic E-state index is 11.4. The molecule has 7 nitrogen and oxygen atoms in total. The van der Waals surface area contributed by atoms with Crippen LogP contribution in [0.15, 0.2) is 54.6 Å². The molecule has 3 atom stereocenters. The first kappa shape index (κ1) is 25.1. The van der Waals surface area contributed by atoms with Crippen molar-refractivity contribution in [1.29, 1.82) is 0 Å². The highest BCUT2D eigenvalue weighted by molar-refractivity contribution is 5.84. The Balaban J connectivity index is 0.000000227. The first-order valence-corrected chi connectivity index (χ1v) is 10.8. The fourth-order valence-corrected chi connectivity index (χ4v) is 3.27. The third-order valence-electron chi connectivity index (χ3n) is 5.27. The third kappa shape index (κ3) is 7.81. The van der Waals surface area contributed by atoms with Gasteiger partial charge in [-0.2, -0.15) is 0 Å². The summed E-state index contributed by atoms with van der Waals surface area (Å²) in [6.07, 6.45) is 2.94. The monoisotopic (exact) mass is 440 g/mol. The number of aldehydes is 1. The summed E-state index contributed by atoms with van der Waals surface area (Å²) in [6.45, 7) is 3.59. The number of carboxylic acid groups (broad SMARTS) is 1. The van der Waals surface area contributed by atoms with Crippen LogP contribution < -0.4 is 15.8 Å². The number of nitrogens with two attached hydrogens (primary N) is 1. The van der Waals surface area contributed by atoms with Crippen LogP contribution in [0.25, 0.3) is 0 Å². The molecule has 0 spiro atoms. The minimum atomic E-state index is -1.00. The van der Waals surface area contributed by atoms with Gasteiger partial charge in [-0.3, -0.25) is 9.59 Å². The second kappa shape index (κ2) is 12.6. The van der Waals surface area contributed by atoms with E-state index >= 15 is 0 Å². The van der Waals surface area contributed by atoms with Crippen LogP contribution in [0.5, 0.6) is 5.75 Å². The molecule has 1 unspecified atom stereocenters. The molecule has 0 radical (unpaired) electrons. The number of nitrogens with one attached hydrogen (secondary N) is 1. The van der Waals surface area contributed by atoms with Crippen LogP contribution in [0.1, 0.15) is 50.3 Å². The van der Waals surface area contributed by atoms with Gasteiger partial charge in [0, 0.05) is 6.42 Å². The van der Waals surface area contributed by atoms with Crippen molar-refractivity contribution < 1.29 is 24.2 Å². The number of hydrogen-bond donors (Lipinski definition) is 3. The van der Waals surface area contributed by atoms with Gasteiger partial charge in [-0.05, 0) is 42.4 Å². The number of para-hydroxylation sites is 1. The number of aliphatic carboxylic acids is 1. The van der Waals surface area contributed by atoms with Gasteiger partial charge in [0.2, 0.25) is 5.91 Å². The average Bonchev–Trinajstić information content (AvgIpc) is 2.81. The number of carbonyl (C=O) groups is 3. The minimum Gasteiger partial charge on any atom is -0.485 e. The molecule has 0 aliphatic carbocycles. The zero-order valence-corrected chi connectivity index (χ0v) is 18.6.